The fourth-order valence-electron chi connectivity index (χ4n) is 3.81. The fourth-order valence-corrected chi connectivity index (χ4v) is 5.28. The summed E-state index contributed by atoms with van der Waals surface area (Å²) in [6.07, 6.45) is 2.33. The molecule has 0 bridgehead atoms. The van der Waals surface area contributed by atoms with E-state index in [2.05, 4.69) is 12.2 Å². The van der Waals surface area contributed by atoms with Gasteiger partial charge in [-0.05, 0) is 35.2 Å². The van der Waals surface area contributed by atoms with Gasteiger partial charge in [-0.15, -0.1) is 11.8 Å². The number of amides is 2. The molecule has 3 aromatic carbocycles. The first-order valence-electron chi connectivity index (χ1n) is 12.1. The Kier molecular flexibility index (Phi) is 11.7. The van der Waals surface area contributed by atoms with Crippen molar-refractivity contribution in [2.24, 2.45) is 0 Å². The van der Waals surface area contributed by atoms with Crippen molar-refractivity contribution in [2.75, 3.05) is 12.3 Å². The van der Waals surface area contributed by atoms with Crippen molar-refractivity contribution in [3.63, 3.8) is 0 Å². The molecule has 0 aliphatic rings. The third-order valence-electron chi connectivity index (χ3n) is 5.79. The van der Waals surface area contributed by atoms with Gasteiger partial charge in [-0.1, -0.05) is 103 Å². The van der Waals surface area contributed by atoms with Crippen LogP contribution in [0, 0.1) is 0 Å². The van der Waals surface area contributed by atoms with E-state index in [9.17, 15) is 9.59 Å². The summed E-state index contributed by atoms with van der Waals surface area (Å²) in [7, 11) is 0. The number of rotatable bonds is 13. The fraction of sp³-hybridized carbons (Fsp3) is 0.310. The molecule has 36 heavy (non-hydrogen) atoms. The van der Waals surface area contributed by atoms with Gasteiger partial charge in [0.05, 0.1) is 5.75 Å². The van der Waals surface area contributed by atoms with E-state index in [0.717, 1.165) is 29.5 Å². The minimum absolute atomic E-state index is 0.0829. The second kappa shape index (κ2) is 14.9. The topological polar surface area (TPSA) is 49.4 Å². The Morgan fingerprint density at radius 3 is 2.25 bits per heavy atom. The van der Waals surface area contributed by atoms with Crippen molar-refractivity contribution in [3.8, 4) is 0 Å². The van der Waals surface area contributed by atoms with Crippen LogP contribution in [-0.2, 0) is 28.3 Å². The molecule has 2 amide bonds. The first-order valence-corrected chi connectivity index (χ1v) is 14.1. The number of thioether (sulfide) groups is 1. The Labute approximate surface area is 228 Å². The third kappa shape index (κ3) is 8.88. The van der Waals surface area contributed by atoms with E-state index in [0.29, 0.717) is 35.3 Å². The molecule has 0 spiro atoms. The highest BCUT2D eigenvalue weighted by Crippen LogP contribution is 2.25. The van der Waals surface area contributed by atoms with Crippen molar-refractivity contribution in [1.29, 1.82) is 0 Å². The Bertz CT molecular complexity index is 1110. The normalized spacial score (nSPS) is 11.6. The summed E-state index contributed by atoms with van der Waals surface area (Å²) in [5.41, 5.74) is 2.92. The Morgan fingerprint density at radius 2 is 1.61 bits per heavy atom. The van der Waals surface area contributed by atoms with Gasteiger partial charge in [0, 0.05) is 35.3 Å². The first-order chi connectivity index (χ1) is 17.5. The minimum atomic E-state index is -0.614. The average Bonchev–Trinajstić information content (AvgIpc) is 2.88. The summed E-state index contributed by atoms with van der Waals surface area (Å²) in [5, 5.41) is 4.21. The largest absolute Gasteiger partial charge is 0.354 e. The highest BCUT2D eigenvalue weighted by Gasteiger charge is 2.30. The van der Waals surface area contributed by atoms with Crippen molar-refractivity contribution >= 4 is 46.8 Å². The Balaban J connectivity index is 1.81. The lowest BCUT2D eigenvalue weighted by Gasteiger charge is -2.31. The molecular weight excluding hydrogens is 511 g/mol. The number of halogens is 2. The molecule has 0 fully saturated rings. The molecule has 190 valence electrons. The number of benzene rings is 3. The molecule has 3 rings (SSSR count). The maximum Gasteiger partial charge on any atom is 0.243 e. The number of nitrogens with one attached hydrogen (secondary N) is 1. The van der Waals surface area contributed by atoms with Crippen LogP contribution >= 0.6 is 35.0 Å². The molecule has 0 radical (unpaired) electrons. The van der Waals surface area contributed by atoms with E-state index in [1.807, 2.05) is 66.7 Å². The van der Waals surface area contributed by atoms with Crippen LogP contribution in [0.5, 0.6) is 0 Å². The molecule has 3 aromatic rings. The summed E-state index contributed by atoms with van der Waals surface area (Å²) in [4.78, 5) is 28.7. The van der Waals surface area contributed by atoms with Crippen LogP contribution in [-0.4, -0.2) is 35.1 Å². The summed E-state index contributed by atoms with van der Waals surface area (Å²) < 4.78 is 0. The lowest BCUT2D eigenvalue weighted by Crippen LogP contribution is -2.51. The molecule has 1 atom stereocenters. The zero-order chi connectivity index (χ0) is 25.8. The second-order valence-corrected chi connectivity index (χ2v) is 10.4. The smallest absolute Gasteiger partial charge is 0.243 e. The quantitative estimate of drug-likeness (QED) is 0.242. The van der Waals surface area contributed by atoms with Gasteiger partial charge in [0.15, 0.2) is 0 Å². The molecule has 0 aliphatic heterocycles. The summed E-state index contributed by atoms with van der Waals surface area (Å²) in [6, 6.07) is 24.4. The lowest BCUT2D eigenvalue weighted by atomic mass is 10.0. The average molecular weight is 544 g/mol. The molecule has 0 heterocycles. The summed E-state index contributed by atoms with van der Waals surface area (Å²) >= 11 is 13.8. The highest BCUT2D eigenvalue weighted by atomic mass is 35.5. The zero-order valence-corrected chi connectivity index (χ0v) is 22.8. The minimum Gasteiger partial charge on any atom is -0.354 e. The van der Waals surface area contributed by atoms with Gasteiger partial charge in [0.1, 0.15) is 6.04 Å². The van der Waals surface area contributed by atoms with Crippen LogP contribution in [0.4, 0.5) is 0 Å². The van der Waals surface area contributed by atoms with Crippen LogP contribution < -0.4 is 5.32 Å². The van der Waals surface area contributed by atoms with Crippen molar-refractivity contribution in [2.45, 2.75) is 44.5 Å². The van der Waals surface area contributed by atoms with Gasteiger partial charge in [-0.25, -0.2) is 0 Å². The van der Waals surface area contributed by atoms with E-state index in [1.165, 1.54) is 11.8 Å². The number of hydrogen-bond acceptors (Lipinski definition) is 3. The molecule has 0 saturated heterocycles. The Hall–Kier alpha value is -2.47. The maximum atomic E-state index is 13.6. The van der Waals surface area contributed by atoms with E-state index in [1.54, 1.807) is 17.0 Å². The molecule has 1 N–H and O–H groups in total. The molecule has 0 aliphatic carbocycles. The molecule has 4 nitrogen and oxygen atoms in total. The van der Waals surface area contributed by atoms with Crippen LogP contribution in [0.2, 0.25) is 10.0 Å². The lowest BCUT2D eigenvalue weighted by molar-refractivity contribution is -0.139. The molecule has 0 saturated carbocycles. The van der Waals surface area contributed by atoms with Crippen LogP contribution in [0.3, 0.4) is 0 Å². The van der Waals surface area contributed by atoms with Crippen molar-refractivity contribution in [3.05, 3.63) is 106 Å². The van der Waals surface area contributed by atoms with E-state index in [-0.39, 0.29) is 17.6 Å². The van der Waals surface area contributed by atoms with Crippen LogP contribution in [0.1, 0.15) is 36.5 Å². The van der Waals surface area contributed by atoms with Gasteiger partial charge in [-0.2, -0.15) is 0 Å². The second-order valence-electron chi connectivity index (χ2n) is 8.59. The number of carbonyl (C=O) groups is 2. The van der Waals surface area contributed by atoms with Gasteiger partial charge in [0.2, 0.25) is 11.8 Å². The van der Waals surface area contributed by atoms with Gasteiger partial charge < -0.3 is 10.2 Å². The maximum absolute atomic E-state index is 13.6. The van der Waals surface area contributed by atoms with Crippen LogP contribution in [0.25, 0.3) is 0 Å². The number of nitrogens with zero attached hydrogens (tertiary/aromatic N) is 1. The van der Waals surface area contributed by atoms with E-state index >= 15 is 0 Å². The summed E-state index contributed by atoms with van der Waals surface area (Å²) in [6.45, 7) is 3.04. The molecule has 7 heteroatoms. The third-order valence-corrected chi connectivity index (χ3v) is 7.35. The van der Waals surface area contributed by atoms with E-state index < -0.39 is 6.04 Å². The first kappa shape index (κ1) is 28.1. The van der Waals surface area contributed by atoms with Gasteiger partial charge >= 0.3 is 0 Å². The standard InChI is InChI=1S/C29H32Cl2N2O2S/c1-2-3-16-32-29(35)27(17-22-10-6-4-7-11-22)33(19-23-12-8-5-9-13-23)28(34)21-36-20-24-14-15-25(30)18-26(24)31/h4-15,18,27H,2-3,16-17,19-21H2,1H3,(H,32,35)/t27-/m1/s1. The number of hydrogen-bond donors (Lipinski definition) is 1. The number of unbranched alkanes of at least 4 members (excludes halogenated alkanes) is 1. The zero-order valence-electron chi connectivity index (χ0n) is 20.5. The predicted octanol–water partition coefficient (Wildman–Crippen LogP) is 6.78. The Morgan fingerprint density at radius 1 is 0.944 bits per heavy atom. The highest BCUT2D eigenvalue weighted by molar-refractivity contribution is 7.99. The summed E-state index contributed by atoms with van der Waals surface area (Å²) in [5.74, 6) is 0.606. The van der Waals surface area contributed by atoms with Crippen LogP contribution in [0.15, 0.2) is 78.9 Å². The molecule has 0 aromatic heterocycles. The number of carbonyl (C=O) groups excluding carboxylic acids is 2. The SMILES string of the molecule is CCCCNC(=O)[C@@H](Cc1ccccc1)N(Cc1ccccc1)C(=O)CSCc1ccc(Cl)cc1Cl. The van der Waals surface area contributed by atoms with Crippen molar-refractivity contribution in [1.82, 2.24) is 10.2 Å². The monoisotopic (exact) mass is 542 g/mol. The van der Waals surface area contributed by atoms with Gasteiger partial charge in [-0.3, -0.25) is 9.59 Å². The predicted molar refractivity (Wildman–Crippen MR) is 151 cm³/mol. The molecule has 0 unspecified atom stereocenters. The van der Waals surface area contributed by atoms with Gasteiger partial charge in [0.25, 0.3) is 0 Å². The van der Waals surface area contributed by atoms with Crippen molar-refractivity contribution < 1.29 is 9.59 Å². The molecular formula is C29H32Cl2N2O2S. The van der Waals surface area contributed by atoms with E-state index in [4.69, 9.17) is 23.2 Å².